The third kappa shape index (κ3) is 3.43. The molecular weight excluding hydrogens is 422 g/mol. The molecule has 2 atom stereocenters. The van der Waals surface area contributed by atoms with E-state index in [1.54, 1.807) is 11.3 Å². The normalized spacial score (nSPS) is 18.4. The molecule has 5 rings (SSSR count). The summed E-state index contributed by atoms with van der Waals surface area (Å²) in [7, 11) is 0. The summed E-state index contributed by atoms with van der Waals surface area (Å²) in [5.74, 6) is 0. The highest BCUT2D eigenvalue weighted by atomic mass is 32.1. The van der Waals surface area contributed by atoms with Gasteiger partial charge in [0.15, 0.2) is 10.2 Å². The second-order valence-electron chi connectivity index (χ2n) is 7.81. The van der Waals surface area contributed by atoms with E-state index in [1.165, 1.54) is 16.8 Å². The standard InChI is InChI=1S/C24H23N5S2/c1-15-7-6-8-18(13-15)29-22(21(27-23(29)30)20-9-4-5-10-25-20)19-14-16(2)28(17(19)3)24-26-11-12-31-24/h4-14,21-22H,1-3H3,(H,27,30)/t21-,22+/m0/s1. The SMILES string of the molecule is Cc1cccc(N2C(=S)N[C@@H](c3ccccn3)[C@H]2c2cc(C)n(-c3nccs3)c2C)c1. The number of nitrogens with one attached hydrogen (secondary N) is 1. The van der Waals surface area contributed by atoms with E-state index < -0.39 is 0 Å². The summed E-state index contributed by atoms with van der Waals surface area (Å²) in [4.78, 5) is 11.4. The number of rotatable bonds is 4. The second kappa shape index (κ2) is 7.90. The first kappa shape index (κ1) is 19.9. The summed E-state index contributed by atoms with van der Waals surface area (Å²) in [5, 5.41) is 7.25. The van der Waals surface area contributed by atoms with Crippen LogP contribution in [0.3, 0.4) is 0 Å². The summed E-state index contributed by atoms with van der Waals surface area (Å²) in [5.41, 5.74) is 6.81. The minimum Gasteiger partial charge on any atom is -0.351 e. The summed E-state index contributed by atoms with van der Waals surface area (Å²) in [6.07, 6.45) is 3.69. The van der Waals surface area contributed by atoms with Crippen LogP contribution in [0.4, 0.5) is 5.69 Å². The molecule has 0 aliphatic carbocycles. The van der Waals surface area contributed by atoms with Crippen molar-refractivity contribution in [2.75, 3.05) is 4.90 Å². The van der Waals surface area contributed by atoms with Crippen molar-refractivity contribution in [3.8, 4) is 5.13 Å². The van der Waals surface area contributed by atoms with Crippen LogP contribution < -0.4 is 10.2 Å². The summed E-state index contributed by atoms with van der Waals surface area (Å²) in [6.45, 7) is 6.40. The molecule has 0 radical (unpaired) electrons. The molecule has 5 nitrogen and oxygen atoms in total. The van der Waals surface area contributed by atoms with Gasteiger partial charge < -0.3 is 10.2 Å². The lowest BCUT2D eigenvalue weighted by Crippen LogP contribution is -2.29. The maximum atomic E-state index is 5.85. The van der Waals surface area contributed by atoms with Crippen LogP contribution in [-0.2, 0) is 0 Å². The predicted octanol–water partition coefficient (Wildman–Crippen LogP) is 5.43. The van der Waals surface area contributed by atoms with Crippen LogP contribution in [-0.4, -0.2) is 19.6 Å². The number of pyridine rings is 1. The lowest BCUT2D eigenvalue weighted by Gasteiger charge is -2.28. The average molecular weight is 446 g/mol. The number of benzene rings is 1. The molecule has 156 valence electrons. The van der Waals surface area contributed by atoms with Gasteiger partial charge in [-0.1, -0.05) is 18.2 Å². The van der Waals surface area contributed by atoms with E-state index in [0.29, 0.717) is 5.11 Å². The lowest BCUT2D eigenvalue weighted by molar-refractivity contribution is 0.565. The van der Waals surface area contributed by atoms with Crippen LogP contribution in [0.1, 0.15) is 40.3 Å². The maximum absolute atomic E-state index is 5.85. The topological polar surface area (TPSA) is 46.0 Å². The first-order valence-electron chi connectivity index (χ1n) is 10.2. The molecule has 1 saturated heterocycles. The van der Waals surface area contributed by atoms with Gasteiger partial charge in [0.1, 0.15) is 0 Å². The quantitative estimate of drug-likeness (QED) is 0.424. The number of aryl methyl sites for hydroxylation is 2. The molecule has 0 unspecified atom stereocenters. The monoisotopic (exact) mass is 445 g/mol. The van der Waals surface area contributed by atoms with Crippen molar-refractivity contribution in [1.82, 2.24) is 19.9 Å². The zero-order valence-electron chi connectivity index (χ0n) is 17.6. The van der Waals surface area contributed by atoms with E-state index in [9.17, 15) is 0 Å². The molecule has 1 aliphatic rings. The van der Waals surface area contributed by atoms with Crippen LogP contribution in [0.2, 0.25) is 0 Å². The molecule has 1 aliphatic heterocycles. The number of aromatic nitrogens is 3. The van der Waals surface area contributed by atoms with Gasteiger partial charge in [0.25, 0.3) is 0 Å². The molecule has 4 aromatic rings. The summed E-state index contributed by atoms with van der Waals surface area (Å²) in [6, 6.07) is 16.7. The van der Waals surface area contributed by atoms with E-state index in [0.717, 1.165) is 22.2 Å². The fourth-order valence-electron chi connectivity index (χ4n) is 4.43. The van der Waals surface area contributed by atoms with Crippen molar-refractivity contribution < 1.29 is 0 Å². The molecule has 0 bridgehead atoms. The zero-order chi connectivity index (χ0) is 21.5. The predicted molar refractivity (Wildman–Crippen MR) is 130 cm³/mol. The minimum absolute atomic E-state index is 0.0240. The van der Waals surface area contributed by atoms with Crippen molar-refractivity contribution in [1.29, 1.82) is 0 Å². The van der Waals surface area contributed by atoms with Gasteiger partial charge in [-0.15, -0.1) is 11.3 Å². The van der Waals surface area contributed by atoms with Crippen LogP contribution in [0.25, 0.3) is 5.13 Å². The smallest absolute Gasteiger partial charge is 0.193 e. The first-order valence-corrected chi connectivity index (χ1v) is 11.5. The second-order valence-corrected chi connectivity index (χ2v) is 9.07. The Balaban J connectivity index is 1.69. The highest BCUT2D eigenvalue weighted by molar-refractivity contribution is 7.80. The zero-order valence-corrected chi connectivity index (χ0v) is 19.2. The van der Waals surface area contributed by atoms with Gasteiger partial charge in [0.2, 0.25) is 0 Å². The van der Waals surface area contributed by atoms with Crippen molar-refractivity contribution >= 4 is 34.4 Å². The molecule has 1 aromatic carbocycles. The van der Waals surface area contributed by atoms with Gasteiger partial charge in [-0.05, 0) is 74.4 Å². The third-order valence-electron chi connectivity index (χ3n) is 5.78. The van der Waals surface area contributed by atoms with Gasteiger partial charge >= 0.3 is 0 Å². The average Bonchev–Trinajstić information content (AvgIpc) is 3.46. The molecule has 31 heavy (non-hydrogen) atoms. The van der Waals surface area contributed by atoms with Gasteiger partial charge in [-0.3, -0.25) is 9.55 Å². The number of thiocarbonyl (C=S) groups is 1. The van der Waals surface area contributed by atoms with Crippen LogP contribution in [0.15, 0.2) is 66.3 Å². The fourth-order valence-corrected chi connectivity index (χ4v) is 5.53. The molecular formula is C24H23N5S2. The Kier molecular flexibility index (Phi) is 5.08. The minimum atomic E-state index is -0.0561. The van der Waals surface area contributed by atoms with Crippen molar-refractivity contribution in [2.24, 2.45) is 0 Å². The Bertz CT molecular complexity index is 1230. The molecule has 3 aromatic heterocycles. The van der Waals surface area contributed by atoms with Crippen LogP contribution >= 0.6 is 23.6 Å². The van der Waals surface area contributed by atoms with Crippen molar-refractivity contribution in [2.45, 2.75) is 32.9 Å². The van der Waals surface area contributed by atoms with Crippen molar-refractivity contribution in [3.63, 3.8) is 0 Å². The Morgan fingerprint density at radius 2 is 1.87 bits per heavy atom. The highest BCUT2D eigenvalue weighted by Crippen LogP contribution is 2.43. The largest absolute Gasteiger partial charge is 0.351 e. The Hall–Kier alpha value is -3.03. The Morgan fingerprint density at radius 3 is 2.58 bits per heavy atom. The van der Waals surface area contributed by atoms with Gasteiger partial charge in [-0.25, -0.2) is 4.98 Å². The number of anilines is 1. The molecule has 0 saturated carbocycles. The lowest BCUT2D eigenvalue weighted by atomic mass is 9.96. The third-order valence-corrected chi connectivity index (χ3v) is 6.85. The van der Waals surface area contributed by atoms with Crippen molar-refractivity contribution in [3.05, 3.63) is 94.5 Å². The fraction of sp³-hybridized carbons (Fsp3) is 0.208. The Labute approximate surface area is 191 Å². The van der Waals surface area contributed by atoms with Gasteiger partial charge in [0, 0.05) is 34.8 Å². The number of hydrogen-bond acceptors (Lipinski definition) is 4. The number of thiazole rings is 1. The van der Waals surface area contributed by atoms with Gasteiger partial charge in [0.05, 0.1) is 17.8 Å². The van der Waals surface area contributed by atoms with E-state index in [2.05, 4.69) is 81.9 Å². The molecule has 7 heteroatoms. The van der Waals surface area contributed by atoms with E-state index in [1.807, 2.05) is 29.9 Å². The number of nitrogens with zero attached hydrogens (tertiary/aromatic N) is 4. The molecule has 1 fully saturated rings. The molecule has 0 spiro atoms. The highest BCUT2D eigenvalue weighted by Gasteiger charge is 2.42. The molecule has 4 heterocycles. The van der Waals surface area contributed by atoms with Crippen LogP contribution in [0, 0.1) is 20.8 Å². The van der Waals surface area contributed by atoms with E-state index in [4.69, 9.17) is 12.2 Å². The molecule has 0 amide bonds. The van der Waals surface area contributed by atoms with E-state index in [-0.39, 0.29) is 12.1 Å². The van der Waals surface area contributed by atoms with Crippen LogP contribution in [0.5, 0.6) is 0 Å². The Morgan fingerprint density at radius 1 is 1.00 bits per heavy atom. The summed E-state index contributed by atoms with van der Waals surface area (Å²) >= 11 is 7.49. The maximum Gasteiger partial charge on any atom is 0.193 e. The number of hydrogen-bond donors (Lipinski definition) is 1. The first-order chi connectivity index (χ1) is 15.0. The summed E-state index contributed by atoms with van der Waals surface area (Å²) < 4.78 is 2.23. The molecule has 1 N–H and O–H groups in total. The van der Waals surface area contributed by atoms with Gasteiger partial charge in [-0.2, -0.15) is 0 Å². The van der Waals surface area contributed by atoms with E-state index >= 15 is 0 Å².